The fourth-order valence-corrected chi connectivity index (χ4v) is 21.1. The molecule has 19 aromatic carbocycles. The van der Waals surface area contributed by atoms with Crippen molar-refractivity contribution in [2.45, 2.75) is 26.2 Å². The summed E-state index contributed by atoms with van der Waals surface area (Å²) in [6.07, 6.45) is 0. The van der Waals surface area contributed by atoms with Gasteiger partial charge in [0.15, 0.2) is 0 Å². The number of para-hydroxylation sites is 2. The summed E-state index contributed by atoms with van der Waals surface area (Å²) in [7, 11) is 0. The normalized spacial score (nSPS) is 13.1. The molecule has 6 nitrogen and oxygen atoms in total. The Morgan fingerprint density at radius 1 is 0.197 bits per heavy atom. The SMILES string of the molecule is CC(C)(C)c1cc2c3c(c1)N(c1c(-c4ccccc4)cccc1-c1ccccc1)c1cc4c5c(c1B3c1cc(-c3ccccc3)ccc1N2c1c(-c2ccccc2)cccc1-c1ccccc1)Oc1ccc(-c2ccccc2)cc1B5c1c(cc2c3c1Oc1ccc(-c5ccccc5)cc1B3c1cc(-c3ccccc3)ccc1N2c1ccc(-c2ccccc2)cc1)O4. The Morgan fingerprint density at radius 3 is 0.866 bits per heavy atom. The van der Waals surface area contributed by atoms with E-state index in [9.17, 15) is 0 Å². The molecule has 594 valence electrons. The molecule has 0 N–H and O–H groups in total. The van der Waals surface area contributed by atoms with Crippen molar-refractivity contribution in [1.29, 1.82) is 0 Å². The summed E-state index contributed by atoms with van der Waals surface area (Å²) in [6.45, 7) is 5.73. The molecule has 0 unspecified atom stereocenters. The average molecular weight is 1620 g/mol. The molecule has 0 amide bonds. The van der Waals surface area contributed by atoms with Gasteiger partial charge in [-0.25, -0.2) is 0 Å². The maximum Gasteiger partial charge on any atom is 0.265 e. The van der Waals surface area contributed by atoms with Crippen molar-refractivity contribution in [3.8, 4) is 135 Å². The zero-order valence-corrected chi connectivity index (χ0v) is 70.3. The summed E-state index contributed by atoms with van der Waals surface area (Å²) in [5.74, 6) is 4.44. The Morgan fingerprint density at radius 2 is 0.480 bits per heavy atom. The predicted molar refractivity (Wildman–Crippen MR) is 532 cm³/mol. The average Bonchev–Trinajstić information content (AvgIpc) is 0.672. The zero-order chi connectivity index (χ0) is 84.1. The van der Waals surface area contributed by atoms with Gasteiger partial charge in [0, 0.05) is 85.1 Å². The van der Waals surface area contributed by atoms with Crippen LogP contribution >= 0.6 is 0 Å². The van der Waals surface area contributed by atoms with Crippen LogP contribution in [0.15, 0.2) is 431 Å². The van der Waals surface area contributed by atoms with Crippen LogP contribution in [0.3, 0.4) is 0 Å². The number of hydrogen-bond donors (Lipinski definition) is 0. The molecule has 6 heterocycles. The molecule has 0 spiro atoms. The Balaban J connectivity index is 0.827. The van der Waals surface area contributed by atoms with E-state index in [1.54, 1.807) is 0 Å². The van der Waals surface area contributed by atoms with Crippen LogP contribution in [-0.4, -0.2) is 20.1 Å². The maximum atomic E-state index is 8.41. The molecular formula is C118H80B3N3O3. The molecule has 0 radical (unpaired) electrons. The minimum absolute atomic E-state index is 0.333. The van der Waals surface area contributed by atoms with Crippen LogP contribution in [0.1, 0.15) is 26.3 Å². The minimum Gasteiger partial charge on any atom is -0.459 e. The lowest BCUT2D eigenvalue weighted by atomic mass is 9.29. The highest BCUT2D eigenvalue weighted by atomic mass is 16.5. The number of anilines is 9. The standard InChI is InChI=1S/C118H80B3N3O3/c1-118(2,3)89-71-101-109-102(72-89)124(115-93(83-47-27-11-28-48-83)53-32-54-94(115)84-49-29-12-30-50-84)104-74-108-113-117(111(104)120(109)96-68-86(77-37-17-6-18-38-77)58-64-100(96)123(101)114-91(81-43-23-9-24-44-81)51-31-52-92(114)82-45-25-10-26-46-82)127-106-66-60-88(79-41-21-8-22-42-79)70-98(106)121(113)112-107(125-108)73-103-110-116(112)126-105-65-59-87(78-39-19-7-20-40-78)69-97(105)119(110)95-67-85(76-35-15-5-16-36-76)57-63-99(95)122(103)90-61-55-80(56-62-90)75-33-13-4-14-34-75/h4-74H,1-3H3. The molecule has 6 aliphatic rings. The van der Waals surface area contributed by atoms with Gasteiger partial charge < -0.3 is 28.9 Å². The van der Waals surface area contributed by atoms with Crippen LogP contribution in [0.25, 0.3) is 100 Å². The van der Waals surface area contributed by atoms with Crippen molar-refractivity contribution < 1.29 is 14.2 Å². The maximum absolute atomic E-state index is 8.41. The molecule has 25 rings (SSSR count). The lowest BCUT2D eigenvalue weighted by Gasteiger charge is -2.48. The first-order valence-corrected chi connectivity index (χ1v) is 44.1. The lowest BCUT2D eigenvalue weighted by Crippen LogP contribution is -2.66. The topological polar surface area (TPSA) is 37.4 Å². The largest absolute Gasteiger partial charge is 0.459 e. The summed E-state index contributed by atoms with van der Waals surface area (Å²) in [6, 6.07) is 159. The Bertz CT molecular complexity index is 7520. The van der Waals surface area contributed by atoms with Crippen molar-refractivity contribution >= 4 is 120 Å². The van der Waals surface area contributed by atoms with Gasteiger partial charge >= 0.3 is 0 Å². The number of rotatable bonds is 12. The van der Waals surface area contributed by atoms with Crippen LogP contribution in [0.4, 0.5) is 51.2 Å². The third kappa shape index (κ3) is 12.0. The highest BCUT2D eigenvalue weighted by molar-refractivity contribution is 7.05. The van der Waals surface area contributed by atoms with Gasteiger partial charge in [0.2, 0.25) is 0 Å². The van der Waals surface area contributed by atoms with Crippen molar-refractivity contribution in [3.63, 3.8) is 0 Å². The molecule has 0 bridgehead atoms. The van der Waals surface area contributed by atoms with Crippen LogP contribution in [0.2, 0.25) is 0 Å². The quantitative estimate of drug-likeness (QED) is 0.114. The highest BCUT2D eigenvalue weighted by Gasteiger charge is 2.55. The summed E-state index contributed by atoms with van der Waals surface area (Å²) in [5.41, 5.74) is 39.5. The van der Waals surface area contributed by atoms with E-state index in [0.29, 0.717) is 11.5 Å². The molecule has 0 saturated heterocycles. The second-order valence-corrected chi connectivity index (χ2v) is 35.2. The predicted octanol–water partition coefficient (Wildman–Crippen LogP) is 25.2. The second kappa shape index (κ2) is 29.4. The van der Waals surface area contributed by atoms with E-state index in [-0.39, 0.29) is 12.1 Å². The number of nitrogens with zero attached hydrogens (tertiary/aromatic N) is 3. The van der Waals surface area contributed by atoms with Crippen molar-refractivity contribution in [2.75, 3.05) is 14.7 Å². The highest BCUT2D eigenvalue weighted by Crippen LogP contribution is 2.57. The van der Waals surface area contributed by atoms with Gasteiger partial charge in [-0.05, 0) is 176 Å². The van der Waals surface area contributed by atoms with Crippen molar-refractivity contribution in [2.24, 2.45) is 0 Å². The first-order valence-electron chi connectivity index (χ1n) is 44.1. The van der Waals surface area contributed by atoms with Gasteiger partial charge in [0.1, 0.15) is 34.5 Å². The fraction of sp³-hybridized carbons (Fsp3) is 0.0339. The summed E-state index contributed by atoms with van der Waals surface area (Å²) in [4.78, 5) is 7.78. The van der Waals surface area contributed by atoms with Crippen LogP contribution in [0, 0.1) is 0 Å². The molecule has 19 aromatic rings. The summed E-state index contributed by atoms with van der Waals surface area (Å²) >= 11 is 0. The number of ether oxygens (including phenoxy) is 3. The van der Waals surface area contributed by atoms with E-state index in [2.05, 4.69) is 466 Å². The third-order valence-corrected chi connectivity index (χ3v) is 27.0. The third-order valence-electron chi connectivity index (χ3n) is 27.0. The van der Waals surface area contributed by atoms with Crippen LogP contribution in [-0.2, 0) is 5.41 Å². The van der Waals surface area contributed by atoms with Crippen molar-refractivity contribution in [1.82, 2.24) is 0 Å². The van der Waals surface area contributed by atoms with E-state index in [4.69, 9.17) is 14.2 Å². The van der Waals surface area contributed by atoms with Crippen LogP contribution < -0.4 is 78.1 Å². The summed E-state index contributed by atoms with van der Waals surface area (Å²) < 4.78 is 25.0. The monoisotopic (exact) mass is 1620 g/mol. The number of benzene rings is 19. The van der Waals surface area contributed by atoms with Gasteiger partial charge in [0.05, 0.1) is 11.4 Å². The molecule has 6 aliphatic heterocycles. The lowest BCUT2D eigenvalue weighted by molar-refractivity contribution is 0.458. The summed E-state index contributed by atoms with van der Waals surface area (Å²) in [5, 5.41) is 0. The molecule has 0 fully saturated rings. The second-order valence-electron chi connectivity index (χ2n) is 35.2. The first kappa shape index (κ1) is 73.9. The Labute approximate surface area is 741 Å². The molecular weight excluding hydrogens is 1540 g/mol. The first-order chi connectivity index (χ1) is 62.7. The van der Waals surface area contributed by atoms with E-state index in [0.717, 1.165) is 218 Å². The van der Waals surface area contributed by atoms with Gasteiger partial charge in [-0.1, -0.05) is 391 Å². The van der Waals surface area contributed by atoms with E-state index >= 15 is 0 Å². The van der Waals surface area contributed by atoms with E-state index in [1.807, 2.05) is 0 Å². The molecule has 0 aliphatic carbocycles. The number of fused-ring (bicyclic) bond motifs is 14. The zero-order valence-electron chi connectivity index (χ0n) is 70.3. The molecule has 9 heteroatoms. The molecule has 0 atom stereocenters. The Kier molecular flexibility index (Phi) is 17.1. The van der Waals surface area contributed by atoms with E-state index < -0.39 is 13.4 Å². The van der Waals surface area contributed by atoms with Gasteiger partial charge in [0.25, 0.3) is 20.1 Å². The Hall–Kier alpha value is -15.8. The van der Waals surface area contributed by atoms with Gasteiger partial charge in [-0.2, -0.15) is 0 Å². The van der Waals surface area contributed by atoms with Gasteiger partial charge in [-0.3, -0.25) is 0 Å². The smallest absolute Gasteiger partial charge is 0.265 e. The van der Waals surface area contributed by atoms with Crippen LogP contribution in [0.5, 0.6) is 34.5 Å². The van der Waals surface area contributed by atoms with Gasteiger partial charge in [-0.15, -0.1) is 0 Å². The van der Waals surface area contributed by atoms with Crippen molar-refractivity contribution in [3.05, 3.63) is 436 Å². The fourth-order valence-electron chi connectivity index (χ4n) is 21.1. The molecule has 0 aromatic heterocycles. The molecule has 127 heavy (non-hydrogen) atoms. The van der Waals surface area contributed by atoms with E-state index in [1.165, 1.54) is 11.0 Å². The number of hydrogen-bond acceptors (Lipinski definition) is 6. The molecule has 0 saturated carbocycles. The minimum atomic E-state index is -0.552.